The Labute approximate surface area is 116 Å². The third-order valence-corrected chi connectivity index (χ3v) is 3.89. The zero-order chi connectivity index (χ0) is 13.4. The van der Waals surface area contributed by atoms with Crippen molar-refractivity contribution in [2.24, 2.45) is 0 Å². The first kappa shape index (κ1) is 12.9. The molecule has 0 saturated carbocycles. The van der Waals surface area contributed by atoms with E-state index in [4.69, 9.17) is 11.6 Å². The molecule has 2 fully saturated rings. The summed E-state index contributed by atoms with van der Waals surface area (Å²) in [7, 11) is 0. The van der Waals surface area contributed by atoms with Gasteiger partial charge in [0.05, 0.1) is 18.4 Å². The maximum atomic E-state index is 9.60. The van der Waals surface area contributed by atoms with E-state index in [2.05, 4.69) is 9.97 Å². The molecule has 0 amide bonds. The molecule has 1 aromatic rings. The van der Waals surface area contributed by atoms with Crippen molar-refractivity contribution >= 4 is 23.4 Å². The highest BCUT2D eigenvalue weighted by molar-refractivity contribution is 6.32. The van der Waals surface area contributed by atoms with Gasteiger partial charge in [-0.05, 0) is 12.8 Å². The van der Waals surface area contributed by atoms with Gasteiger partial charge in [0, 0.05) is 26.2 Å². The van der Waals surface area contributed by atoms with E-state index in [1.165, 1.54) is 0 Å². The topological polar surface area (TPSA) is 72.7 Å². The van der Waals surface area contributed by atoms with Crippen LogP contribution in [-0.2, 0) is 0 Å². The minimum atomic E-state index is -0.317. The van der Waals surface area contributed by atoms with Crippen molar-refractivity contribution in [2.75, 3.05) is 36.0 Å². The second-order valence-electron chi connectivity index (χ2n) is 5.12. The summed E-state index contributed by atoms with van der Waals surface area (Å²) < 4.78 is 0. The Bertz CT molecular complexity index is 473. The van der Waals surface area contributed by atoms with Crippen molar-refractivity contribution < 1.29 is 10.2 Å². The average molecular weight is 285 g/mol. The second kappa shape index (κ2) is 5.11. The Hall–Kier alpha value is -1.11. The molecule has 2 atom stereocenters. The first-order chi connectivity index (χ1) is 9.13. The van der Waals surface area contributed by atoms with E-state index in [0.29, 0.717) is 29.9 Å². The van der Waals surface area contributed by atoms with Crippen molar-refractivity contribution in [2.45, 2.75) is 25.0 Å². The number of nitrogens with zero attached hydrogens (tertiary/aromatic N) is 4. The number of aliphatic hydroxyl groups excluding tert-OH is 2. The fourth-order valence-electron chi connectivity index (χ4n) is 2.58. The molecule has 2 aliphatic rings. The molecule has 1 aromatic heterocycles. The Balaban J connectivity index is 1.84. The SMILES string of the molecule is O[C@H]1CCN(c2ncc(Cl)c(N3CC[C@H](O)C3)n2)C1. The quantitative estimate of drug-likeness (QED) is 0.812. The third-order valence-electron chi connectivity index (χ3n) is 3.62. The zero-order valence-corrected chi connectivity index (χ0v) is 11.3. The van der Waals surface area contributed by atoms with Gasteiger partial charge in [0.25, 0.3) is 0 Å². The first-order valence-electron chi connectivity index (χ1n) is 6.52. The molecule has 19 heavy (non-hydrogen) atoms. The van der Waals surface area contributed by atoms with Gasteiger partial charge in [-0.2, -0.15) is 4.98 Å². The molecule has 3 heterocycles. The van der Waals surface area contributed by atoms with Gasteiger partial charge in [-0.15, -0.1) is 0 Å². The summed E-state index contributed by atoms with van der Waals surface area (Å²) in [6.07, 6.45) is 2.44. The molecule has 0 radical (unpaired) electrons. The molecule has 2 N–H and O–H groups in total. The predicted octanol–water partition coefficient (Wildman–Crippen LogP) is 0.272. The Morgan fingerprint density at radius 3 is 2.32 bits per heavy atom. The van der Waals surface area contributed by atoms with Crippen LogP contribution >= 0.6 is 11.6 Å². The molecule has 0 aromatic carbocycles. The van der Waals surface area contributed by atoms with Crippen molar-refractivity contribution in [1.82, 2.24) is 9.97 Å². The van der Waals surface area contributed by atoms with E-state index in [0.717, 1.165) is 25.9 Å². The summed E-state index contributed by atoms with van der Waals surface area (Å²) >= 11 is 6.14. The molecule has 6 nitrogen and oxygen atoms in total. The van der Waals surface area contributed by atoms with Gasteiger partial charge in [-0.3, -0.25) is 0 Å². The van der Waals surface area contributed by atoms with E-state index < -0.39 is 0 Å². The summed E-state index contributed by atoms with van der Waals surface area (Å²) in [5, 5.41) is 19.7. The van der Waals surface area contributed by atoms with Crippen LogP contribution in [0.5, 0.6) is 0 Å². The molecule has 2 aliphatic heterocycles. The minimum Gasteiger partial charge on any atom is -0.391 e. The molecule has 3 rings (SSSR count). The number of rotatable bonds is 2. The monoisotopic (exact) mass is 284 g/mol. The van der Waals surface area contributed by atoms with E-state index in [9.17, 15) is 10.2 Å². The summed E-state index contributed by atoms with van der Waals surface area (Å²) in [5.41, 5.74) is 0. The lowest BCUT2D eigenvalue weighted by Crippen LogP contribution is -2.26. The molecule has 0 spiro atoms. The third kappa shape index (κ3) is 2.61. The van der Waals surface area contributed by atoms with Gasteiger partial charge >= 0.3 is 0 Å². The number of aliphatic hydroxyl groups is 2. The Morgan fingerprint density at radius 2 is 1.74 bits per heavy atom. The fourth-order valence-corrected chi connectivity index (χ4v) is 2.79. The van der Waals surface area contributed by atoms with Crippen LogP contribution < -0.4 is 9.80 Å². The van der Waals surface area contributed by atoms with Crippen molar-refractivity contribution in [3.05, 3.63) is 11.2 Å². The fraction of sp³-hybridized carbons (Fsp3) is 0.667. The number of β-amino-alcohol motifs (C(OH)–C–C–N with tert-alkyl or cyclic N) is 2. The smallest absolute Gasteiger partial charge is 0.227 e. The van der Waals surface area contributed by atoms with Gasteiger partial charge in [-0.25, -0.2) is 4.98 Å². The minimum absolute atomic E-state index is 0.309. The number of halogens is 1. The molecule has 0 bridgehead atoms. The van der Waals surface area contributed by atoms with Crippen LogP contribution in [0.3, 0.4) is 0 Å². The number of hydrogen-bond acceptors (Lipinski definition) is 6. The highest BCUT2D eigenvalue weighted by atomic mass is 35.5. The average Bonchev–Trinajstić information content (AvgIpc) is 2.99. The number of aromatic nitrogens is 2. The lowest BCUT2D eigenvalue weighted by atomic mass is 10.3. The van der Waals surface area contributed by atoms with Crippen molar-refractivity contribution in [3.8, 4) is 0 Å². The molecule has 104 valence electrons. The van der Waals surface area contributed by atoms with Crippen molar-refractivity contribution in [3.63, 3.8) is 0 Å². The Morgan fingerprint density at radius 1 is 1.11 bits per heavy atom. The predicted molar refractivity (Wildman–Crippen MR) is 72.7 cm³/mol. The van der Waals surface area contributed by atoms with E-state index in [1.54, 1.807) is 6.20 Å². The van der Waals surface area contributed by atoms with E-state index >= 15 is 0 Å². The van der Waals surface area contributed by atoms with Gasteiger partial charge in [0.1, 0.15) is 5.02 Å². The maximum Gasteiger partial charge on any atom is 0.227 e. The van der Waals surface area contributed by atoms with Crippen molar-refractivity contribution in [1.29, 1.82) is 0 Å². The van der Waals surface area contributed by atoms with Crippen LogP contribution in [0.15, 0.2) is 6.20 Å². The summed E-state index contributed by atoms with van der Waals surface area (Å²) in [5.74, 6) is 1.27. The molecule has 0 aliphatic carbocycles. The molecule has 2 saturated heterocycles. The van der Waals surface area contributed by atoms with Gasteiger partial charge < -0.3 is 20.0 Å². The van der Waals surface area contributed by atoms with Gasteiger partial charge in [0.2, 0.25) is 5.95 Å². The first-order valence-corrected chi connectivity index (χ1v) is 6.90. The van der Waals surface area contributed by atoms with E-state index in [1.807, 2.05) is 9.80 Å². The van der Waals surface area contributed by atoms with Crippen LogP contribution in [0.2, 0.25) is 5.02 Å². The lowest BCUT2D eigenvalue weighted by Gasteiger charge is -2.21. The van der Waals surface area contributed by atoms with Crippen LogP contribution in [0, 0.1) is 0 Å². The molecular weight excluding hydrogens is 268 g/mol. The highest BCUT2D eigenvalue weighted by Gasteiger charge is 2.26. The van der Waals surface area contributed by atoms with Gasteiger partial charge in [0.15, 0.2) is 5.82 Å². The van der Waals surface area contributed by atoms with Crippen LogP contribution in [0.25, 0.3) is 0 Å². The summed E-state index contributed by atoms with van der Waals surface area (Å²) in [6, 6.07) is 0. The number of hydrogen-bond donors (Lipinski definition) is 2. The molecular formula is C12H17ClN4O2. The Kier molecular flexibility index (Phi) is 3.47. The summed E-state index contributed by atoms with van der Waals surface area (Å²) in [6.45, 7) is 2.62. The molecule has 0 unspecified atom stereocenters. The number of anilines is 2. The van der Waals surface area contributed by atoms with Gasteiger partial charge in [-0.1, -0.05) is 11.6 Å². The van der Waals surface area contributed by atoms with Crippen LogP contribution in [-0.4, -0.2) is 58.6 Å². The summed E-state index contributed by atoms with van der Waals surface area (Å²) in [4.78, 5) is 12.7. The lowest BCUT2D eigenvalue weighted by molar-refractivity contribution is 0.198. The second-order valence-corrected chi connectivity index (χ2v) is 5.53. The molecule has 7 heteroatoms. The van der Waals surface area contributed by atoms with Crippen LogP contribution in [0.1, 0.15) is 12.8 Å². The zero-order valence-electron chi connectivity index (χ0n) is 10.5. The van der Waals surface area contributed by atoms with Crippen LogP contribution in [0.4, 0.5) is 11.8 Å². The largest absolute Gasteiger partial charge is 0.391 e. The highest BCUT2D eigenvalue weighted by Crippen LogP contribution is 2.28. The normalized spacial score (nSPS) is 27.3. The maximum absolute atomic E-state index is 9.60. The standard InChI is InChI=1S/C12H17ClN4O2/c13-10-5-14-12(17-4-2-9(19)7-17)15-11(10)16-3-1-8(18)6-16/h5,8-9,18-19H,1-4,6-7H2/t8-,9-/m0/s1. The van der Waals surface area contributed by atoms with E-state index in [-0.39, 0.29) is 12.2 Å².